The highest BCUT2D eigenvalue weighted by atomic mass is 35.5. The number of amides is 3. The molecule has 0 bridgehead atoms. The van der Waals surface area contributed by atoms with Crippen molar-refractivity contribution in [3.8, 4) is 11.5 Å². The molecule has 11 heteroatoms. The highest BCUT2D eigenvalue weighted by Gasteiger charge is 2.36. The Labute approximate surface area is 232 Å². The van der Waals surface area contributed by atoms with Gasteiger partial charge in [-0.3, -0.25) is 19.3 Å². The van der Waals surface area contributed by atoms with Gasteiger partial charge in [-0.05, 0) is 72.3 Å². The van der Waals surface area contributed by atoms with Gasteiger partial charge in [-0.1, -0.05) is 47.5 Å². The molecule has 1 saturated heterocycles. The quantitative estimate of drug-likeness (QED) is 0.283. The van der Waals surface area contributed by atoms with E-state index in [0.717, 1.165) is 4.90 Å². The molecule has 0 radical (unpaired) electrons. The van der Waals surface area contributed by atoms with Crippen LogP contribution in [0.25, 0.3) is 6.08 Å². The molecule has 3 aromatic rings. The Bertz CT molecular complexity index is 1430. The molecule has 7 nitrogen and oxygen atoms in total. The molecule has 1 N–H and O–H groups in total. The highest BCUT2D eigenvalue weighted by molar-refractivity contribution is 8.18. The predicted molar refractivity (Wildman–Crippen MR) is 146 cm³/mol. The zero-order valence-electron chi connectivity index (χ0n) is 20.0. The smallest absolute Gasteiger partial charge is 0.294 e. The van der Waals surface area contributed by atoms with E-state index in [4.69, 9.17) is 32.7 Å². The van der Waals surface area contributed by atoms with Crippen molar-refractivity contribution >= 4 is 63.8 Å². The molecule has 1 aliphatic heterocycles. The van der Waals surface area contributed by atoms with Gasteiger partial charge >= 0.3 is 0 Å². The molecule has 3 amide bonds. The Morgan fingerprint density at radius 1 is 1.05 bits per heavy atom. The molecule has 0 spiro atoms. The molecule has 0 atom stereocenters. The van der Waals surface area contributed by atoms with Gasteiger partial charge in [0.1, 0.15) is 19.0 Å². The van der Waals surface area contributed by atoms with Gasteiger partial charge in [0.05, 0.1) is 27.2 Å². The van der Waals surface area contributed by atoms with Crippen molar-refractivity contribution in [3.63, 3.8) is 0 Å². The summed E-state index contributed by atoms with van der Waals surface area (Å²) >= 11 is 13.2. The third kappa shape index (κ3) is 6.66. The van der Waals surface area contributed by atoms with Gasteiger partial charge in [0.15, 0.2) is 11.5 Å². The predicted octanol–water partition coefficient (Wildman–Crippen LogP) is 6.79. The molecule has 0 unspecified atom stereocenters. The Hall–Kier alpha value is -3.53. The molecule has 1 aliphatic rings. The van der Waals surface area contributed by atoms with Gasteiger partial charge in [0, 0.05) is 0 Å². The molecule has 38 heavy (non-hydrogen) atoms. The number of carbonyl (C=O) groups excluding carboxylic acids is 3. The number of hydrogen-bond acceptors (Lipinski definition) is 6. The highest BCUT2D eigenvalue weighted by Crippen LogP contribution is 2.39. The second-order valence-electron chi connectivity index (χ2n) is 7.98. The molecule has 196 valence electrons. The lowest BCUT2D eigenvalue weighted by Gasteiger charge is -2.15. The topological polar surface area (TPSA) is 84.9 Å². The fraction of sp³-hybridized carbons (Fsp3) is 0.148. The summed E-state index contributed by atoms with van der Waals surface area (Å²) in [5, 5.41) is 2.55. The van der Waals surface area contributed by atoms with E-state index in [-0.39, 0.29) is 28.1 Å². The van der Waals surface area contributed by atoms with E-state index >= 15 is 0 Å². The van der Waals surface area contributed by atoms with Crippen LogP contribution in [0.4, 0.5) is 14.9 Å². The van der Waals surface area contributed by atoms with E-state index in [1.54, 1.807) is 55.5 Å². The van der Waals surface area contributed by atoms with Crippen molar-refractivity contribution in [2.45, 2.75) is 13.5 Å². The third-order valence-electron chi connectivity index (χ3n) is 5.22. The van der Waals surface area contributed by atoms with Crippen LogP contribution < -0.4 is 14.8 Å². The summed E-state index contributed by atoms with van der Waals surface area (Å²) in [4.78, 5) is 38.8. The van der Waals surface area contributed by atoms with Crippen LogP contribution in [0.5, 0.6) is 11.5 Å². The van der Waals surface area contributed by atoms with E-state index in [9.17, 15) is 18.8 Å². The van der Waals surface area contributed by atoms with Crippen LogP contribution in [0.2, 0.25) is 10.0 Å². The van der Waals surface area contributed by atoms with Gasteiger partial charge in [-0.15, -0.1) is 0 Å². The van der Waals surface area contributed by atoms with Gasteiger partial charge in [-0.25, -0.2) is 4.39 Å². The lowest BCUT2D eigenvalue weighted by molar-refractivity contribution is -0.127. The van der Waals surface area contributed by atoms with Crippen molar-refractivity contribution < 1.29 is 28.2 Å². The maximum atomic E-state index is 13.5. The van der Waals surface area contributed by atoms with Crippen LogP contribution >= 0.6 is 35.0 Å². The number of benzene rings is 3. The number of ether oxygens (including phenoxy) is 2. The number of hydrogen-bond donors (Lipinski definition) is 1. The van der Waals surface area contributed by atoms with Crippen molar-refractivity contribution in [2.24, 2.45) is 0 Å². The Morgan fingerprint density at radius 3 is 2.58 bits per heavy atom. The normalized spacial score (nSPS) is 14.2. The first kappa shape index (κ1) is 27.5. The summed E-state index contributed by atoms with van der Waals surface area (Å²) < 4.78 is 25.0. The fourth-order valence-electron chi connectivity index (χ4n) is 3.54. The fourth-order valence-corrected chi connectivity index (χ4v) is 4.84. The lowest BCUT2D eigenvalue weighted by atomic mass is 10.1. The molecule has 4 rings (SSSR count). The van der Waals surface area contributed by atoms with E-state index < -0.39 is 23.6 Å². The van der Waals surface area contributed by atoms with Gasteiger partial charge < -0.3 is 14.8 Å². The van der Waals surface area contributed by atoms with E-state index in [2.05, 4.69) is 5.32 Å². The average Bonchev–Trinajstić information content (AvgIpc) is 3.12. The standard InChI is InChI=1S/C27H21Cl2FN2O5S/c1-2-36-22-12-17(11-20(29)25(22)37-15-16-6-5-7-18(30)10-16)13-23-26(34)32(27(35)38-23)14-24(33)31-21-9-4-3-8-19(21)28/h3-13H,2,14-15H2,1H3,(H,31,33)/b23-13+. The van der Waals surface area contributed by atoms with Crippen LogP contribution in [-0.2, 0) is 16.2 Å². The first-order valence-electron chi connectivity index (χ1n) is 11.4. The van der Waals surface area contributed by atoms with Gasteiger partial charge in [0.25, 0.3) is 11.1 Å². The van der Waals surface area contributed by atoms with Crippen LogP contribution in [0.1, 0.15) is 18.1 Å². The zero-order chi connectivity index (χ0) is 27.2. The average molecular weight is 575 g/mol. The van der Waals surface area contributed by atoms with Crippen molar-refractivity contribution in [3.05, 3.63) is 92.6 Å². The molecular weight excluding hydrogens is 554 g/mol. The maximum absolute atomic E-state index is 13.5. The van der Waals surface area contributed by atoms with Crippen LogP contribution in [0.15, 0.2) is 65.6 Å². The van der Waals surface area contributed by atoms with E-state index in [0.29, 0.717) is 46.0 Å². The number of rotatable bonds is 9. The summed E-state index contributed by atoms with van der Waals surface area (Å²) in [7, 11) is 0. The van der Waals surface area contributed by atoms with Crippen molar-refractivity contribution in [1.82, 2.24) is 4.90 Å². The SMILES string of the molecule is CCOc1cc(/C=C2/SC(=O)N(CC(=O)Nc3ccccc3Cl)C2=O)cc(Cl)c1OCc1cccc(F)c1. The number of para-hydroxylation sites is 1. The number of nitrogens with one attached hydrogen (secondary N) is 1. The summed E-state index contributed by atoms with van der Waals surface area (Å²) in [5.74, 6) is -0.980. The number of halogens is 3. The second kappa shape index (κ2) is 12.3. The number of nitrogens with zero attached hydrogens (tertiary/aromatic N) is 1. The van der Waals surface area contributed by atoms with E-state index in [1.807, 2.05) is 0 Å². The number of imide groups is 1. The minimum Gasteiger partial charge on any atom is -0.490 e. The molecule has 0 saturated carbocycles. The number of anilines is 1. The summed E-state index contributed by atoms with van der Waals surface area (Å²) in [5.41, 5.74) is 1.47. The Morgan fingerprint density at radius 2 is 1.84 bits per heavy atom. The minimum absolute atomic E-state index is 0.0616. The first-order valence-corrected chi connectivity index (χ1v) is 13.0. The molecule has 1 heterocycles. The Balaban J connectivity index is 1.50. The summed E-state index contributed by atoms with van der Waals surface area (Å²) in [6.45, 7) is 1.69. The minimum atomic E-state index is -0.616. The molecular formula is C27H21Cl2FN2O5S. The second-order valence-corrected chi connectivity index (χ2v) is 9.79. The maximum Gasteiger partial charge on any atom is 0.294 e. The van der Waals surface area contributed by atoms with Crippen LogP contribution in [0.3, 0.4) is 0 Å². The molecule has 3 aromatic carbocycles. The van der Waals surface area contributed by atoms with Gasteiger partial charge in [0.2, 0.25) is 5.91 Å². The number of thioether (sulfide) groups is 1. The summed E-state index contributed by atoms with van der Waals surface area (Å²) in [6, 6.07) is 15.8. The largest absolute Gasteiger partial charge is 0.490 e. The monoisotopic (exact) mass is 574 g/mol. The molecule has 1 fully saturated rings. The number of carbonyl (C=O) groups is 3. The molecule has 0 aromatic heterocycles. The lowest BCUT2D eigenvalue weighted by Crippen LogP contribution is -2.36. The summed E-state index contributed by atoms with van der Waals surface area (Å²) in [6.07, 6.45) is 1.49. The van der Waals surface area contributed by atoms with Crippen molar-refractivity contribution in [1.29, 1.82) is 0 Å². The Kier molecular flexibility index (Phi) is 8.93. The van der Waals surface area contributed by atoms with Crippen LogP contribution in [-0.4, -0.2) is 35.1 Å². The third-order valence-corrected chi connectivity index (χ3v) is 6.74. The molecule has 0 aliphatic carbocycles. The van der Waals surface area contributed by atoms with E-state index in [1.165, 1.54) is 18.2 Å². The first-order chi connectivity index (χ1) is 18.2. The van der Waals surface area contributed by atoms with Crippen molar-refractivity contribution in [2.75, 3.05) is 18.5 Å². The van der Waals surface area contributed by atoms with Crippen LogP contribution in [0, 0.1) is 5.82 Å². The van der Waals surface area contributed by atoms with Gasteiger partial charge in [-0.2, -0.15) is 0 Å². The zero-order valence-corrected chi connectivity index (χ0v) is 22.3.